The average molecular weight is 330 g/mol. The predicted molar refractivity (Wildman–Crippen MR) is 82.2 cm³/mol. The van der Waals surface area contributed by atoms with Crippen molar-refractivity contribution in [3.05, 3.63) is 0 Å². The van der Waals surface area contributed by atoms with Gasteiger partial charge in [-0.1, -0.05) is 20.8 Å². The summed E-state index contributed by atoms with van der Waals surface area (Å²) < 4.78 is 9.24. The van der Waals surface area contributed by atoms with Crippen molar-refractivity contribution >= 4 is 23.8 Å². The first-order chi connectivity index (χ1) is 10.6. The van der Waals surface area contributed by atoms with Crippen LogP contribution in [0.5, 0.6) is 0 Å². The zero-order chi connectivity index (χ0) is 18.2. The molecule has 0 aliphatic heterocycles. The third-order valence-corrected chi connectivity index (χ3v) is 3.35. The molecule has 8 heteroatoms. The maximum atomic E-state index is 12.4. The molecule has 0 saturated carbocycles. The van der Waals surface area contributed by atoms with E-state index in [0.717, 1.165) is 0 Å². The summed E-state index contributed by atoms with van der Waals surface area (Å²) in [6, 6.07) is -1.80. The van der Waals surface area contributed by atoms with Gasteiger partial charge in [0, 0.05) is 6.92 Å². The van der Waals surface area contributed by atoms with Crippen molar-refractivity contribution in [2.45, 2.75) is 46.2 Å². The Hall–Kier alpha value is -2.12. The van der Waals surface area contributed by atoms with E-state index in [1.54, 1.807) is 20.8 Å². The van der Waals surface area contributed by atoms with Crippen LogP contribution in [0, 0.1) is 11.8 Å². The van der Waals surface area contributed by atoms with Crippen molar-refractivity contribution in [3.8, 4) is 0 Å². The first kappa shape index (κ1) is 20.9. The largest absolute Gasteiger partial charge is 0.469 e. The van der Waals surface area contributed by atoms with Gasteiger partial charge in [-0.3, -0.25) is 14.4 Å². The molecule has 0 bridgehead atoms. The lowest BCUT2D eigenvalue weighted by atomic mass is 9.96. The maximum absolute atomic E-state index is 12.4. The summed E-state index contributed by atoms with van der Waals surface area (Å²) in [6.07, 6.45) is -0.0526. The quantitative estimate of drug-likeness (QED) is 0.606. The van der Waals surface area contributed by atoms with E-state index in [1.165, 1.54) is 21.1 Å². The summed E-state index contributed by atoms with van der Waals surface area (Å²) >= 11 is 0. The van der Waals surface area contributed by atoms with Gasteiger partial charge in [-0.25, -0.2) is 4.79 Å². The summed E-state index contributed by atoms with van der Waals surface area (Å²) in [6.45, 7) is 6.47. The van der Waals surface area contributed by atoms with Crippen molar-refractivity contribution in [2.24, 2.45) is 11.8 Å². The molecular weight excluding hydrogens is 304 g/mol. The first-order valence-corrected chi connectivity index (χ1v) is 7.36. The molecule has 0 unspecified atom stereocenters. The average Bonchev–Trinajstić information content (AvgIpc) is 2.48. The molecule has 0 aromatic heterocycles. The minimum Gasteiger partial charge on any atom is -0.469 e. The van der Waals surface area contributed by atoms with E-state index < -0.39 is 35.8 Å². The number of esters is 2. The molecule has 0 aromatic carbocycles. The number of carbonyl (C=O) groups excluding carboxylic acids is 4. The molecule has 0 heterocycles. The van der Waals surface area contributed by atoms with Crippen molar-refractivity contribution in [3.63, 3.8) is 0 Å². The zero-order valence-corrected chi connectivity index (χ0v) is 14.5. The van der Waals surface area contributed by atoms with Crippen LogP contribution in [0.4, 0.5) is 0 Å². The van der Waals surface area contributed by atoms with Crippen molar-refractivity contribution in [2.75, 3.05) is 14.2 Å². The Labute approximate surface area is 136 Å². The fraction of sp³-hybridized carbons (Fsp3) is 0.733. The highest BCUT2D eigenvalue weighted by Gasteiger charge is 2.33. The number of nitrogens with one attached hydrogen (secondary N) is 2. The van der Waals surface area contributed by atoms with E-state index >= 15 is 0 Å². The van der Waals surface area contributed by atoms with E-state index in [1.807, 2.05) is 0 Å². The van der Waals surface area contributed by atoms with Gasteiger partial charge in [0.25, 0.3) is 0 Å². The highest BCUT2D eigenvalue weighted by molar-refractivity contribution is 5.90. The van der Waals surface area contributed by atoms with Gasteiger partial charge >= 0.3 is 11.9 Å². The maximum Gasteiger partial charge on any atom is 0.328 e. The Balaban J connectivity index is 5.13. The van der Waals surface area contributed by atoms with Crippen LogP contribution >= 0.6 is 0 Å². The van der Waals surface area contributed by atoms with Gasteiger partial charge in [0.15, 0.2) is 0 Å². The lowest BCUT2D eigenvalue weighted by Gasteiger charge is -2.26. The number of hydrogen-bond donors (Lipinski definition) is 2. The van der Waals surface area contributed by atoms with Crippen LogP contribution in [0.3, 0.4) is 0 Å². The molecule has 0 aromatic rings. The second kappa shape index (κ2) is 9.81. The molecule has 3 atom stereocenters. The van der Waals surface area contributed by atoms with Crippen LogP contribution < -0.4 is 10.6 Å². The fourth-order valence-corrected chi connectivity index (χ4v) is 2.02. The molecule has 0 spiro atoms. The molecule has 8 nitrogen and oxygen atoms in total. The standard InChI is InChI=1S/C15H26N2O6/c1-8(2)12(16-10(4)18)14(20)17-13(15(21)23-6)9(3)7-11(19)22-5/h8-9,12-13H,7H2,1-6H3,(H,16,18)(H,17,20)/t9-,12+,13-/m0/s1. The van der Waals surface area contributed by atoms with Crippen LogP contribution in [0.15, 0.2) is 0 Å². The predicted octanol–water partition coefficient (Wildman–Crippen LogP) is 0.00410. The Bertz CT molecular complexity index is 449. The number of hydrogen-bond acceptors (Lipinski definition) is 6. The van der Waals surface area contributed by atoms with Gasteiger partial charge in [-0.15, -0.1) is 0 Å². The number of carbonyl (C=O) groups is 4. The summed E-state index contributed by atoms with van der Waals surface area (Å²) in [5, 5.41) is 5.09. The highest BCUT2D eigenvalue weighted by atomic mass is 16.5. The zero-order valence-electron chi connectivity index (χ0n) is 14.5. The molecule has 2 N–H and O–H groups in total. The van der Waals surface area contributed by atoms with E-state index in [2.05, 4.69) is 20.1 Å². The molecule has 0 saturated heterocycles. The minimum atomic E-state index is -1.01. The molecule has 0 aliphatic rings. The smallest absolute Gasteiger partial charge is 0.328 e. The van der Waals surface area contributed by atoms with Gasteiger partial charge in [0.05, 0.1) is 20.6 Å². The van der Waals surface area contributed by atoms with Gasteiger partial charge < -0.3 is 20.1 Å². The first-order valence-electron chi connectivity index (χ1n) is 7.36. The second-order valence-electron chi connectivity index (χ2n) is 5.69. The molecule has 0 aliphatic carbocycles. The lowest BCUT2D eigenvalue weighted by Crippen LogP contribution is -2.55. The van der Waals surface area contributed by atoms with Crippen LogP contribution in [-0.2, 0) is 28.7 Å². The lowest BCUT2D eigenvalue weighted by molar-refractivity contribution is -0.148. The number of amides is 2. The summed E-state index contributed by atoms with van der Waals surface area (Å²) in [7, 11) is 2.44. The number of methoxy groups -OCH3 is 2. The summed E-state index contributed by atoms with van der Waals surface area (Å²) in [4.78, 5) is 46.8. The summed E-state index contributed by atoms with van der Waals surface area (Å²) in [5.74, 6) is -2.72. The Morgan fingerprint density at radius 1 is 0.913 bits per heavy atom. The van der Waals surface area contributed by atoms with Crippen LogP contribution in [0.2, 0.25) is 0 Å². The van der Waals surface area contributed by atoms with Crippen LogP contribution in [0.1, 0.15) is 34.1 Å². The number of rotatable bonds is 8. The molecule has 0 fully saturated rings. The van der Waals surface area contributed by atoms with E-state index in [4.69, 9.17) is 0 Å². The van der Waals surface area contributed by atoms with E-state index in [0.29, 0.717) is 0 Å². The fourth-order valence-electron chi connectivity index (χ4n) is 2.02. The number of ether oxygens (including phenoxy) is 2. The molecule has 23 heavy (non-hydrogen) atoms. The molecule has 132 valence electrons. The van der Waals surface area contributed by atoms with Gasteiger partial charge in [0.2, 0.25) is 11.8 Å². The topological polar surface area (TPSA) is 111 Å². The van der Waals surface area contributed by atoms with Crippen molar-refractivity contribution in [1.29, 1.82) is 0 Å². The van der Waals surface area contributed by atoms with Gasteiger partial charge in [-0.2, -0.15) is 0 Å². The monoisotopic (exact) mass is 330 g/mol. The van der Waals surface area contributed by atoms with E-state index in [9.17, 15) is 19.2 Å². The van der Waals surface area contributed by atoms with Crippen LogP contribution in [0.25, 0.3) is 0 Å². The molecule has 0 rings (SSSR count). The van der Waals surface area contributed by atoms with Gasteiger partial charge in [-0.05, 0) is 11.8 Å². The van der Waals surface area contributed by atoms with Crippen molar-refractivity contribution in [1.82, 2.24) is 10.6 Å². The van der Waals surface area contributed by atoms with Crippen LogP contribution in [-0.4, -0.2) is 50.1 Å². The highest BCUT2D eigenvalue weighted by Crippen LogP contribution is 2.12. The molecule has 2 amide bonds. The third-order valence-electron chi connectivity index (χ3n) is 3.35. The Kier molecular flexibility index (Phi) is 8.90. The Morgan fingerprint density at radius 2 is 1.48 bits per heavy atom. The Morgan fingerprint density at radius 3 is 1.87 bits per heavy atom. The minimum absolute atomic E-state index is 0.0526. The molecule has 0 radical (unpaired) electrons. The van der Waals surface area contributed by atoms with E-state index in [-0.39, 0.29) is 18.2 Å². The van der Waals surface area contributed by atoms with Crippen molar-refractivity contribution < 1.29 is 28.7 Å². The molecular formula is C15H26N2O6. The summed E-state index contributed by atoms with van der Waals surface area (Å²) in [5.41, 5.74) is 0. The SMILES string of the molecule is COC(=O)C[C@H](C)[C@H](NC(=O)[C@H](NC(C)=O)C(C)C)C(=O)OC. The van der Waals surface area contributed by atoms with Gasteiger partial charge in [0.1, 0.15) is 12.1 Å². The second-order valence-corrected chi connectivity index (χ2v) is 5.69. The normalized spacial score (nSPS) is 14.4. The third kappa shape index (κ3) is 7.12.